The van der Waals surface area contributed by atoms with E-state index in [1.54, 1.807) is 23.8 Å². The summed E-state index contributed by atoms with van der Waals surface area (Å²) in [5.74, 6) is -2.63. The average Bonchev–Trinajstić information content (AvgIpc) is 3.20. The summed E-state index contributed by atoms with van der Waals surface area (Å²) in [6.07, 6.45) is 1.22. The number of halogens is 1. The number of methoxy groups -OCH3 is 1. The third kappa shape index (κ3) is 5.70. The molecular weight excluding hydrogens is 483 g/mol. The fourth-order valence-electron chi connectivity index (χ4n) is 3.64. The first-order chi connectivity index (χ1) is 17.8. The molecule has 4 aromatic rings. The molecule has 2 aromatic heterocycles. The predicted octanol–water partition coefficient (Wildman–Crippen LogP) is 2.39. The number of benzene rings is 2. The summed E-state index contributed by atoms with van der Waals surface area (Å²) in [6, 6.07) is 11.7. The molecule has 12 heteroatoms. The molecular formula is C25H23FN6O5. The van der Waals surface area contributed by atoms with E-state index in [1.165, 1.54) is 36.5 Å². The highest BCUT2D eigenvalue weighted by Gasteiger charge is 2.17. The summed E-state index contributed by atoms with van der Waals surface area (Å²) in [4.78, 5) is 44.2. The summed E-state index contributed by atoms with van der Waals surface area (Å²) < 4.78 is 27.0. The number of carbonyl (C=O) groups excluding carboxylic acids is 3. The number of imidazole rings is 1. The zero-order valence-electron chi connectivity index (χ0n) is 19.7. The molecule has 0 aliphatic heterocycles. The summed E-state index contributed by atoms with van der Waals surface area (Å²) in [5, 5.41) is 2.73. The molecule has 0 aliphatic rings. The Labute approximate surface area is 210 Å². The van der Waals surface area contributed by atoms with Gasteiger partial charge in [0, 0.05) is 25.4 Å². The highest BCUT2D eigenvalue weighted by molar-refractivity contribution is 5.98. The van der Waals surface area contributed by atoms with Crippen LogP contribution >= 0.6 is 0 Å². The number of rotatable bonds is 10. The molecule has 0 fully saturated rings. The minimum Gasteiger partial charge on any atom is -0.435 e. The molecule has 0 unspecified atom stereocenters. The maximum Gasteiger partial charge on any atom is 0.254 e. The Morgan fingerprint density at radius 2 is 1.89 bits per heavy atom. The van der Waals surface area contributed by atoms with Crippen LogP contribution in [0.3, 0.4) is 0 Å². The maximum absolute atomic E-state index is 14.7. The standard InChI is InChI=1S/C25H23FN6O5/c1-36-10-9-32-19-6-5-15(22(27)34)13-18(19)30-25(32)31-21(33)12-14-4-7-20(17(26)11-14)37-24-16(23(28)35)3-2-8-29-24/h2-8,11,13H,9-10,12H2,1H3,(H2,27,34)(H2,28,35)(H,30,31,33). The van der Waals surface area contributed by atoms with Crippen molar-refractivity contribution in [1.29, 1.82) is 0 Å². The minimum atomic E-state index is -0.765. The van der Waals surface area contributed by atoms with E-state index in [2.05, 4.69) is 15.3 Å². The summed E-state index contributed by atoms with van der Waals surface area (Å²) in [6.45, 7) is 0.742. The Morgan fingerprint density at radius 3 is 2.59 bits per heavy atom. The lowest BCUT2D eigenvalue weighted by Crippen LogP contribution is -2.19. The monoisotopic (exact) mass is 506 g/mol. The minimum absolute atomic E-state index is 0.00432. The number of primary amides is 2. The molecule has 2 heterocycles. The Balaban J connectivity index is 1.52. The van der Waals surface area contributed by atoms with Crippen molar-refractivity contribution in [3.8, 4) is 11.6 Å². The number of nitrogens with two attached hydrogens (primary N) is 2. The van der Waals surface area contributed by atoms with Gasteiger partial charge in [0.2, 0.25) is 23.6 Å². The van der Waals surface area contributed by atoms with Gasteiger partial charge in [-0.1, -0.05) is 6.07 Å². The predicted molar refractivity (Wildman–Crippen MR) is 132 cm³/mol. The second-order valence-electron chi connectivity index (χ2n) is 7.96. The van der Waals surface area contributed by atoms with Crippen molar-refractivity contribution < 1.29 is 28.2 Å². The smallest absolute Gasteiger partial charge is 0.254 e. The van der Waals surface area contributed by atoms with Gasteiger partial charge >= 0.3 is 0 Å². The van der Waals surface area contributed by atoms with Gasteiger partial charge in [-0.3, -0.25) is 19.7 Å². The van der Waals surface area contributed by atoms with E-state index in [-0.39, 0.29) is 35.1 Å². The van der Waals surface area contributed by atoms with Gasteiger partial charge in [0.15, 0.2) is 11.6 Å². The highest BCUT2D eigenvalue weighted by atomic mass is 19.1. The Kier molecular flexibility index (Phi) is 7.39. The van der Waals surface area contributed by atoms with Crippen molar-refractivity contribution in [3.63, 3.8) is 0 Å². The van der Waals surface area contributed by atoms with E-state index in [0.717, 1.165) is 6.07 Å². The van der Waals surface area contributed by atoms with Crippen molar-refractivity contribution >= 4 is 34.7 Å². The van der Waals surface area contributed by atoms with Crippen LogP contribution in [0.15, 0.2) is 54.7 Å². The van der Waals surface area contributed by atoms with Crippen LogP contribution in [-0.4, -0.2) is 46.0 Å². The van der Waals surface area contributed by atoms with Gasteiger partial charge in [0.25, 0.3) is 5.91 Å². The van der Waals surface area contributed by atoms with E-state index < -0.39 is 23.5 Å². The van der Waals surface area contributed by atoms with E-state index in [0.29, 0.717) is 29.7 Å². The fourth-order valence-corrected chi connectivity index (χ4v) is 3.64. The Hall–Kier alpha value is -4.84. The normalized spacial score (nSPS) is 10.9. The molecule has 0 spiro atoms. The third-order valence-electron chi connectivity index (χ3n) is 5.41. The molecule has 0 saturated carbocycles. The van der Waals surface area contributed by atoms with Crippen LogP contribution in [-0.2, 0) is 22.5 Å². The van der Waals surface area contributed by atoms with Crippen molar-refractivity contribution in [2.24, 2.45) is 11.5 Å². The van der Waals surface area contributed by atoms with Crippen LogP contribution in [0, 0.1) is 5.82 Å². The number of aromatic nitrogens is 3. The van der Waals surface area contributed by atoms with Crippen molar-refractivity contribution in [2.45, 2.75) is 13.0 Å². The van der Waals surface area contributed by atoms with Crippen LogP contribution in [0.1, 0.15) is 26.3 Å². The fraction of sp³-hybridized carbons (Fsp3) is 0.160. The lowest BCUT2D eigenvalue weighted by molar-refractivity contribution is -0.115. The Bertz CT molecular complexity index is 1500. The number of hydrogen-bond donors (Lipinski definition) is 3. The zero-order chi connectivity index (χ0) is 26.5. The lowest BCUT2D eigenvalue weighted by Gasteiger charge is -2.11. The number of pyridine rings is 1. The Morgan fingerprint density at radius 1 is 1.08 bits per heavy atom. The number of fused-ring (bicyclic) bond motifs is 1. The maximum atomic E-state index is 14.7. The second-order valence-corrected chi connectivity index (χ2v) is 7.96. The van der Waals surface area contributed by atoms with Gasteiger partial charge in [-0.15, -0.1) is 0 Å². The topological polar surface area (TPSA) is 164 Å². The van der Waals surface area contributed by atoms with E-state index in [9.17, 15) is 18.8 Å². The van der Waals surface area contributed by atoms with Crippen LogP contribution in [0.25, 0.3) is 11.0 Å². The van der Waals surface area contributed by atoms with Gasteiger partial charge < -0.3 is 25.5 Å². The van der Waals surface area contributed by atoms with Crippen LogP contribution in [0.2, 0.25) is 0 Å². The number of nitrogens with one attached hydrogen (secondary N) is 1. The van der Waals surface area contributed by atoms with Crippen molar-refractivity contribution in [2.75, 3.05) is 19.0 Å². The van der Waals surface area contributed by atoms with Gasteiger partial charge in [-0.2, -0.15) is 0 Å². The van der Waals surface area contributed by atoms with E-state index >= 15 is 0 Å². The summed E-state index contributed by atoms with van der Waals surface area (Å²) in [5.41, 5.74) is 12.5. The molecule has 190 valence electrons. The third-order valence-corrected chi connectivity index (χ3v) is 5.41. The average molecular weight is 506 g/mol. The number of carbonyl (C=O) groups is 3. The molecule has 3 amide bonds. The van der Waals surface area contributed by atoms with E-state index in [4.69, 9.17) is 20.9 Å². The number of hydrogen-bond acceptors (Lipinski definition) is 7. The number of anilines is 1. The quantitative estimate of drug-likeness (QED) is 0.297. The molecule has 0 radical (unpaired) electrons. The molecule has 4 rings (SSSR count). The van der Waals surface area contributed by atoms with Crippen LogP contribution in [0.5, 0.6) is 11.6 Å². The van der Waals surface area contributed by atoms with Crippen LogP contribution in [0.4, 0.5) is 10.3 Å². The van der Waals surface area contributed by atoms with Crippen molar-refractivity contribution in [1.82, 2.24) is 14.5 Å². The molecule has 0 saturated heterocycles. The molecule has 11 nitrogen and oxygen atoms in total. The first-order valence-corrected chi connectivity index (χ1v) is 11.1. The van der Waals surface area contributed by atoms with E-state index in [1.807, 2.05) is 0 Å². The summed E-state index contributed by atoms with van der Waals surface area (Å²) in [7, 11) is 1.55. The van der Waals surface area contributed by atoms with Gasteiger partial charge in [-0.05, 0) is 48.0 Å². The summed E-state index contributed by atoms with van der Waals surface area (Å²) >= 11 is 0. The van der Waals surface area contributed by atoms with Gasteiger partial charge in [-0.25, -0.2) is 14.4 Å². The lowest BCUT2D eigenvalue weighted by atomic mass is 10.1. The number of ether oxygens (including phenoxy) is 2. The molecule has 5 N–H and O–H groups in total. The SMILES string of the molecule is COCCn1c(NC(=O)Cc2ccc(Oc3ncccc3C(N)=O)c(F)c2)nc2cc(C(N)=O)ccc21. The molecule has 37 heavy (non-hydrogen) atoms. The van der Waals surface area contributed by atoms with Crippen LogP contribution < -0.4 is 21.5 Å². The number of amides is 3. The largest absolute Gasteiger partial charge is 0.435 e. The number of nitrogens with zero attached hydrogens (tertiary/aromatic N) is 3. The van der Waals surface area contributed by atoms with Gasteiger partial charge in [0.05, 0.1) is 24.1 Å². The highest BCUT2D eigenvalue weighted by Crippen LogP contribution is 2.27. The first kappa shape index (κ1) is 25.3. The molecule has 0 bridgehead atoms. The van der Waals surface area contributed by atoms with Gasteiger partial charge in [0.1, 0.15) is 5.56 Å². The molecule has 0 atom stereocenters. The molecule has 2 aromatic carbocycles. The second kappa shape index (κ2) is 10.8. The molecule has 0 aliphatic carbocycles. The first-order valence-electron chi connectivity index (χ1n) is 11.1. The zero-order valence-corrected chi connectivity index (χ0v) is 19.7. The van der Waals surface area contributed by atoms with Crippen molar-refractivity contribution in [3.05, 3.63) is 77.2 Å².